The molecule has 224 valence electrons. The van der Waals surface area contributed by atoms with E-state index in [9.17, 15) is 36.7 Å². The SMILES string of the molecule is CC(C)(C)OC(=O)N1CC(F)(F)C[C@H]1C(=O)O.CO.COC(=O)[C@@H]1CC(F)(F)CN1C(=O)OC(C)(C)C.[Na+].[OH-]. The van der Waals surface area contributed by atoms with Gasteiger partial charge in [-0.2, -0.15) is 0 Å². The van der Waals surface area contributed by atoms with Crippen molar-refractivity contribution in [2.45, 2.75) is 89.5 Å². The van der Waals surface area contributed by atoms with Gasteiger partial charge in [-0.3, -0.25) is 9.80 Å². The topological polar surface area (TPSA) is 173 Å². The molecule has 2 heterocycles. The van der Waals surface area contributed by atoms with Crippen LogP contribution in [0, 0.1) is 0 Å². The van der Waals surface area contributed by atoms with Crippen LogP contribution in [0.4, 0.5) is 27.2 Å². The number of amides is 2. The Labute approximate surface area is 246 Å². The zero-order valence-corrected chi connectivity index (χ0v) is 25.6. The first-order valence-corrected chi connectivity index (χ1v) is 11.1. The summed E-state index contributed by atoms with van der Waals surface area (Å²) in [5.74, 6) is -8.60. The van der Waals surface area contributed by atoms with Crippen LogP contribution >= 0.6 is 0 Å². The maximum Gasteiger partial charge on any atom is 1.00 e. The fourth-order valence-corrected chi connectivity index (χ4v) is 3.23. The number of hydrogen-bond acceptors (Lipinski definition) is 9. The number of carboxylic acids is 1. The number of aliphatic hydroxyl groups is 1. The number of aliphatic carboxylic acids is 1. The Morgan fingerprint density at radius 3 is 1.36 bits per heavy atom. The normalized spacial score (nSPS) is 20.9. The summed E-state index contributed by atoms with van der Waals surface area (Å²) < 4.78 is 67.0. The predicted molar refractivity (Wildman–Crippen MR) is 122 cm³/mol. The summed E-state index contributed by atoms with van der Waals surface area (Å²) in [5, 5.41) is 15.8. The quantitative estimate of drug-likeness (QED) is 0.193. The van der Waals surface area contributed by atoms with Crippen LogP contribution in [-0.4, -0.2) is 112 Å². The van der Waals surface area contributed by atoms with Crippen LogP contribution in [-0.2, 0) is 23.8 Å². The van der Waals surface area contributed by atoms with Gasteiger partial charge in [-0.25, -0.2) is 36.7 Å². The van der Waals surface area contributed by atoms with E-state index in [1.165, 1.54) is 0 Å². The molecule has 0 bridgehead atoms. The van der Waals surface area contributed by atoms with Crippen molar-refractivity contribution in [3.05, 3.63) is 0 Å². The number of ether oxygens (including phenoxy) is 3. The molecular formula is C22H37F4N2NaO10. The zero-order valence-electron chi connectivity index (χ0n) is 23.6. The average Bonchev–Trinajstić information content (AvgIpc) is 3.23. The van der Waals surface area contributed by atoms with Gasteiger partial charge in [0.15, 0.2) is 0 Å². The number of methoxy groups -OCH3 is 1. The van der Waals surface area contributed by atoms with E-state index >= 15 is 0 Å². The van der Waals surface area contributed by atoms with E-state index in [-0.39, 0.29) is 35.0 Å². The monoisotopic (exact) mass is 588 g/mol. The van der Waals surface area contributed by atoms with Crippen molar-refractivity contribution < 1.29 is 96.2 Å². The molecule has 0 aromatic rings. The number of carboxylic acid groups (broad SMARTS) is 1. The first kappa shape index (κ1) is 41.6. The first-order valence-electron chi connectivity index (χ1n) is 11.1. The molecule has 0 aromatic carbocycles. The fourth-order valence-electron chi connectivity index (χ4n) is 3.23. The Bertz CT molecular complexity index is 835. The van der Waals surface area contributed by atoms with Crippen molar-refractivity contribution in [1.29, 1.82) is 0 Å². The number of aliphatic hydroxyl groups excluding tert-OH is 1. The molecule has 2 fully saturated rings. The Hall–Kier alpha value is -1.88. The van der Waals surface area contributed by atoms with Crippen molar-refractivity contribution in [3.63, 3.8) is 0 Å². The summed E-state index contributed by atoms with van der Waals surface area (Å²) in [6.45, 7) is 7.84. The third-order valence-electron chi connectivity index (χ3n) is 4.55. The molecule has 2 amide bonds. The molecule has 12 nitrogen and oxygen atoms in total. The second kappa shape index (κ2) is 15.8. The Balaban J connectivity index is -0.000000596. The minimum atomic E-state index is -3.18. The standard InChI is InChI=1S/C11H17F2NO4.C10H15F2NO4.CH4O.Na.H2O/c1-10(2,3)18-9(16)14-6-11(12,13)5-7(14)8(15)17-4;1-9(2,3)17-8(16)13-5-10(11,12)4-6(13)7(14)15;1-2;;/h7H,5-6H2,1-4H3;6H,4-5H2,1-3H3,(H,14,15);2H,1H3;;1H2/q;;;+1;/p-1/t7-;6-;;;/m00.../s1. The van der Waals surface area contributed by atoms with Gasteiger partial charge in [0.25, 0.3) is 11.8 Å². The molecular weight excluding hydrogens is 551 g/mol. The molecule has 0 aromatic heterocycles. The van der Waals surface area contributed by atoms with Crippen molar-refractivity contribution in [1.82, 2.24) is 9.80 Å². The average molecular weight is 589 g/mol. The van der Waals surface area contributed by atoms with E-state index in [2.05, 4.69) is 4.74 Å². The van der Waals surface area contributed by atoms with Crippen LogP contribution in [0.15, 0.2) is 0 Å². The van der Waals surface area contributed by atoms with Crippen LogP contribution in [0.5, 0.6) is 0 Å². The molecule has 2 aliphatic rings. The van der Waals surface area contributed by atoms with E-state index in [1.54, 1.807) is 41.5 Å². The second-order valence-electron chi connectivity index (χ2n) is 10.2. The Morgan fingerprint density at radius 1 is 0.769 bits per heavy atom. The summed E-state index contributed by atoms with van der Waals surface area (Å²) in [4.78, 5) is 46.8. The molecule has 2 rings (SSSR count). The molecule has 0 unspecified atom stereocenters. The van der Waals surface area contributed by atoms with E-state index in [4.69, 9.17) is 19.7 Å². The summed E-state index contributed by atoms with van der Waals surface area (Å²) in [5.41, 5.74) is -1.66. The summed E-state index contributed by atoms with van der Waals surface area (Å²) >= 11 is 0. The van der Waals surface area contributed by atoms with Gasteiger partial charge in [-0.15, -0.1) is 0 Å². The largest absolute Gasteiger partial charge is 1.00 e. The number of likely N-dealkylation sites (tertiary alicyclic amines) is 2. The number of esters is 1. The van der Waals surface area contributed by atoms with E-state index < -0.39 is 85.2 Å². The number of carbonyl (C=O) groups is 4. The van der Waals surface area contributed by atoms with Gasteiger partial charge < -0.3 is 29.9 Å². The van der Waals surface area contributed by atoms with Crippen LogP contribution in [0.2, 0.25) is 0 Å². The van der Waals surface area contributed by atoms with Gasteiger partial charge in [0.1, 0.15) is 23.3 Å². The van der Waals surface area contributed by atoms with Crippen LogP contribution < -0.4 is 29.6 Å². The van der Waals surface area contributed by atoms with Crippen LogP contribution in [0.3, 0.4) is 0 Å². The van der Waals surface area contributed by atoms with E-state index in [1.807, 2.05) is 0 Å². The predicted octanol–water partition coefficient (Wildman–Crippen LogP) is -0.0445. The minimum absolute atomic E-state index is 0. The molecule has 3 N–H and O–H groups in total. The minimum Gasteiger partial charge on any atom is -0.870 e. The van der Waals surface area contributed by atoms with Gasteiger partial charge in [0, 0.05) is 20.0 Å². The molecule has 0 aliphatic carbocycles. The number of alkyl halides is 4. The van der Waals surface area contributed by atoms with Crippen molar-refractivity contribution in [2.75, 3.05) is 27.3 Å². The molecule has 0 saturated carbocycles. The number of carbonyl (C=O) groups excluding carboxylic acids is 3. The van der Waals surface area contributed by atoms with Crippen molar-refractivity contribution in [2.24, 2.45) is 0 Å². The third kappa shape index (κ3) is 14.4. The van der Waals surface area contributed by atoms with Crippen molar-refractivity contribution >= 4 is 24.1 Å². The van der Waals surface area contributed by atoms with Gasteiger partial charge in [0.05, 0.1) is 20.2 Å². The summed E-state index contributed by atoms with van der Waals surface area (Å²) in [7, 11) is 2.09. The molecule has 2 saturated heterocycles. The van der Waals surface area contributed by atoms with Gasteiger partial charge in [0.2, 0.25) is 0 Å². The third-order valence-corrected chi connectivity index (χ3v) is 4.55. The summed E-state index contributed by atoms with van der Waals surface area (Å²) in [6, 6.07) is -2.82. The van der Waals surface area contributed by atoms with E-state index in [0.29, 0.717) is 4.90 Å². The van der Waals surface area contributed by atoms with Crippen LogP contribution in [0.1, 0.15) is 54.4 Å². The fraction of sp³-hybridized carbons (Fsp3) is 0.818. The summed E-state index contributed by atoms with van der Waals surface area (Å²) in [6.07, 6.45) is -3.57. The maximum absolute atomic E-state index is 13.3. The maximum atomic E-state index is 13.3. The zero-order chi connectivity index (χ0) is 29.6. The second-order valence-corrected chi connectivity index (χ2v) is 10.2. The number of nitrogens with zero attached hydrogens (tertiary/aromatic N) is 2. The van der Waals surface area contributed by atoms with Gasteiger partial charge >= 0.3 is 53.7 Å². The molecule has 2 aliphatic heterocycles. The molecule has 0 spiro atoms. The number of hydrogen-bond donors (Lipinski definition) is 2. The Morgan fingerprint density at radius 2 is 1.08 bits per heavy atom. The van der Waals surface area contributed by atoms with Gasteiger partial charge in [-0.1, -0.05) is 0 Å². The number of halogens is 4. The molecule has 39 heavy (non-hydrogen) atoms. The van der Waals surface area contributed by atoms with E-state index in [0.717, 1.165) is 19.1 Å². The molecule has 0 radical (unpaired) electrons. The first-order chi connectivity index (χ1) is 16.6. The van der Waals surface area contributed by atoms with Crippen molar-refractivity contribution in [3.8, 4) is 0 Å². The smallest absolute Gasteiger partial charge is 0.870 e. The molecule has 2 atom stereocenters. The van der Waals surface area contributed by atoms with Crippen LogP contribution in [0.25, 0.3) is 0 Å². The molecule has 17 heteroatoms. The Kier molecular flexibility index (Phi) is 16.8. The van der Waals surface area contributed by atoms with Gasteiger partial charge in [-0.05, 0) is 41.5 Å². The number of rotatable bonds is 2.